The van der Waals surface area contributed by atoms with E-state index in [2.05, 4.69) is 18.8 Å². The third-order valence-electron chi connectivity index (χ3n) is 2.79. The Morgan fingerprint density at radius 3 is 2.24 bits per heavy atom. The van der Waals surface area contributed by atoms with Crippen LogP contribution in [0.25, 0.3) is 11.1 Å². The number of benzene rings is 1. The van der Waals surface area contributed by atoms with Gasteiger partial charge in [-0.2, -0.15) is 0 Å². The fraction of sp³-hybridized carbons (Fsp3) is 0.214. The predicted molar refractivity (Wildman–Crippen MR) is 70.1 cm³/mol. The van der Waals surface area contributed by atoms with Gasteiger partial charge in [-0.1, -0.05) is 0 Å². The fourth-order valence-corrected chi connectivity index (χ4v) is 2.10. The maximum atomic E-state index is 5.82. The van der Waals surface area contributed by atoms with Crippen LogP contribution in [0.5, 0.6) is 5.88 Å². The van der Waals surface area contributed by atoms with Crippen LogP contribution in [0.4, 0.5) is 5.69 Å². The van der Waals surface area contributed by atoms with Gasteiger partial charge in [-0.3, -0.25) is 0 Å². The van der Waals surface area contributed by atoms with Gasteiger partial charge in [0.05, 0.1) is 7.11 Å². The molecule has 0 saturated carbocycles. The Morgan fingerprint density at radius 2 is 1.76 bits per heavy atom. The van der Waals surface area contributed by atoms with Gasteiger partial charge >= 0.3 is 0 Å². The van der Waals surface area contributed by atoms with Gasteiger partial charge in [0.1, 0.15) is 0 Å². The molecule has 2 rings (SSSR count). The van der Waals surface area contributed by atoms with Crippen LogP contribution in [0.15, 0.2) is 30.5 Å². The van der Waals surface area contributed by atoms with Crippen molar-refractivity contribution in [2.75, 3.05) is 12.8 Å². The largest absolute Gasteiger partial charge is 0.481 e. The normalized spacial score (nSPS) is 10.3. The Labute approximate surface area is 101 Å². The van der Waals surface area contributed by atoms with Gasteiger partial charge in [0.15, 0.2) is 0 Å². The van der Waals surface area contributed by atoms with E-state index in [9.17, 15) is 0 Å². The van der Waals surface area contributed by atoms with Gasteiger partial charge in [-0.25, -0.2) is 4.98 Å². The molecule has 3 heteroatoms. The molecule has 0 amide bonds. The molecule has 0 aliphatic rings. The first-order chi connectivity index (χ1) is 8.11. The zero-order valence-electron chi connectivity index (χ0n) is 10.3. The second-order valence-corrected chi connectivity index (χ2v) is 4.12. The van der Waals surface area contributed by atoms with Crippen molar-refractivity contribution in [1.82, 2.24) is 4.98 Å². The molecule has 1 heterocycles. The summed E-state index contributed by atoms with van der Waals surface area (Å²) in [6.45, 7) is 4.12. The van der Waals surface area contributed by atoms with Crippen LogP contribution in [0.2, 0.25) is 0 Å². The predicted octanol–water partition coefficient (Wildman–Crippen LogP) is 2.96. The molecule has 0 fully saturated rings. The number of pyridine rings is 1. The number of aryl methyl sites for hydroxylation is 2. The molecule has 17 heavy (non-hydrogen) atoms. The number of anilines is 1. The monoisotopic (exact) mass is 228 g/mol. The highest BCUT2D eigenvalue weighted by Gasteiger charge is 2.07. The number of methoxy groups -OCH3 is 1. The fourth-order valence-electron chi connectivity index (χ4n) is 2.10. The summed E-state index contributed by atoms with van der Waals surface area (Å²) in [5.74, 6) is 0.625. The van der Waals surface area contributed by atoms with Gasteiger partial charge in [0.25, 0.3) is 0 Å². The van der Waals surface area contributed by atoms with E-state index in [0.717, 1.165) is 22.4 Å². The lowest BCUT2D eigenvalue weighted by Crippen LogP contribution is -1.94. The zero-order valence-corrected chi connectivity index (χ0v) is 10.3. The van der Waals surface area contributed by atoms with E-state index in [1.807, 2.05) is 30.5 Å². The number of hydrogen-bond donors (Lipinski definition) is 1. The van der Waals surface area contributed by atoms with Gasteiger partial charge in [0, 0.05) is 23.5 Å². The van der Waals surface area contributed by atoms with Crippen molar-refractivity contribution in [2.24, 2.45) is 0 Å². The molecule has 2 aromatic rings. The lowest BCUT2D eigenvalue weighted by molar-refractivity contribution is 0.398. The highest BCUT2D eigenvalue weighted by atomic mass is 16.5. The molecule has 0 radical (unpaired) electrons. The first-order valence-electron chi connectivity index (χ1n) is 5.49. The summed E-state index contributed by atoms with van der Waals surface area (Å²) in [5, 5.41) is 0. The van der Waals surface area contributed by atoms with E-state index in [4.69, 9.17) is 10.5 Å². The van der Waals surface area contributed by atoms with Gasteiger partial charge in [-0.15, -0.1) is 0 Å². The summed E-state index contributed by atoms with van der Waals surface area (Å²) in [6.07, 6.45) is 1.82. The molecule has 0 aliphatic carbocycles. The van der Waals surface area contributed by atoms with Crippen molar-refractivity contribution in [3.8, 4) is 17.0 Å². The van der Waals surface area contributed by atoms with E-state index in [1.165, 1.54) is 5.56 Å². The Hall–Kier alpha value is -2.03. The maximum absolute atomic E-state index is 5.82. The van der Waals surface area contributed by atoms with Crippen LogP contribution < -0.4 is 10.5 Å². The van der Waals surface area contributed by atoms with Crippen LogP contribution in [0, 0.1) is 13.8 Å². The van der Waals surface area contributed by atoms with E-state index < -0.39 is 0 Å². The van der Waals surface area contributed by atoms with Gasteiger partial charge in [0.2, 0.25) is 5.88 Å². The minimum absolute atomic E-state index is 0.625. The number of nitrogens with zero attached hydrogens (tertiary/aromatic N) is 1. The average Bonchev–Trinajstić information content (AvgIpc) is 2.28. The Kier molecular flexibility index (Phi) is 3.00. The molecular weight excluding hydrogens is 212 g/mol. The highest BCUT2D eigenvalue weighted by molar-refractivity contribution is 5.72. The summed E-state index contributed by atoms with van der Waals surface area (Å²) >= 11 is 0. The lowest BCUT2D eigenvalue weighted by atomic mass is 9.96. The minimum Gasteiger partial charge on any atom is -0.481 e. The van der Waals surface area contributed by atoms with Crippen molar-refractivity contribution >= 4 is 5.69 Å². The Balaban J connectivity index is 2.52. The number of ether oxygens (including phenoxy) is 1. The molecule has 0 unspecified atom stereocenters. The smallest absolute Gasteiger partial charge is 0.212 e. The molecule has 0 bridgehead atoms. The Morgan fingerprint density at radius 1 is 1.12 bits per heavy atom. The highest BCUT2D eigenvalue weighted by Crippen LogP contribution is 2.29. The molecule has 1 aromatic carbocycles. The van der Waals surface area contributed by atoms with Crippen LogP contribution in [-0.2, 0) is 0 Å². The molecule has 2 N–H and O–H groups in total. The number of nitrogen functional groups attached to an aromatic ring is 1. The van der Waals surface area contributed by atoms with Crippen molar-refractivity contribution in [1.29, 1.82) is 0 Å². The third-order valence-corrected chi connectivity index (χ3v) is 2.79. The molecule has 88 valence electrons. The number of nitrogens with two attached hydrogens (primary N) is 1. The third kappa shape index (κ3) is 2.23. The molecule has 0 spiro atoms. The average molecular weight is 228 g/mol. The molecule has 0 atom stereocenters. The van der Waals surface area contributed by atoms with Crippen molar-refractivity contribution in [3.63, 3.8) is 0 Å². The van der Waals surface area contributed by atoms with E-state index in [0.29, 0.717) is 5.88 Å². The van der Waals surface area contributed by atoms with Crippen LogP contribution >= 0.6 is 0 Å². The summed E-state index contributed by atoms with van der Waals surface area (Å²) in [4.78, 5) is 4.22. The number of hydrogen-bond acceptors (Lipinski definition) is 3. The zero-order chi connectivity index (χ0) is 12.4. The summed E-state index contributed by atoms with van der Waals surface area (Å²) in [6, 6.07) is 7.83. The van der Waals surface area contributed by atoms with E-state index in [1.54, 1.807) is 7.11 Å². The van der Waals surface area contributed by atoms with Crippen molar-refractivity contribution in [3.05, 3.63) is 41.6 Å². The molecule has 1 aromatic heterocycles. The van der Waals surface area contributed by atoms with E-state index in [-0.39, 0.29) is 0 Å². The topological polar surface area (TPSA) is 48.1 Å². The van der Waals surface area contributed by atoms with Crippen molar-refractivity contribution < 1.29 is 4.74 Å². The van der Waals surface area contributed by atoms with Gasteiger partial charge < -0.3 is 10.5 Å². The molecule has 0 saturated heterocycles. The SMILES string of the molecule is COc1ccc(-c2c(C)cc(N)cc2C)cn1. The first-order valence-corrected chi connectivity index (χ1v) is 5.49. The van der Waals surface area contributed by atoms with Crippen LogP contribution in [-0.4, -0.2) is 12.1 Å². The summed E-state index contributed by atoms with van der Waals surface area (Å²) in [5.41, 5.74) is 11.2. The quantitative estimate of drug-likeness (QED) is 0.804. The number of aromatic nitrogens is 1. The lowest BCUT2D eigenvalue weighted by Gasteiger charge is -2.11. The Bertz CT molecular complexity index is 509. The van der Waals surface area contributed by atoms with Crippen molar-refractivity contribution in [2.45, 2.75) is 13.8 Å². The van der Waals surface area contributed by atoms with Crippen LogP contribution in [0.1, 0.15) is 11.1 Å². The van der Waals surface area contributed by atoms with Gasteiger partial charge in [-0.05, 0) is 48.7 Å². The maximum Gasteiger partial charge on any atom is 0.212 e. The summed E-state index contributed by atoms with van der Waals surface area (Å²) in [7, 11) is 1.61. The van der Waals surface area contributed by atoms with Crippen LogP contribution in [0.3, 0.4) is 0 Å². The van der Waals surface area contributed by atoms with E-state index >= 15 is 0 Å². The molecule has 0 aliphatic heterocycles. The first kappa shape index (κ1) is 11.5. The minimum atomic E-state index is 0.625. The summed E-state index contributed by atoms with van der Waals surface area (Å²) < 4.78 is 5.05. The second kappa shape index (κ2) is 4.45. The molecular formula is C14H16N2O. The second-order valence-electron chi connectivity index (χ2n) is 4.12. The molecule has 3 nitrogen and oxygen atoms in total. The number of rotatable bonds is 2. The standard InChI is InChI=1S/C14H16N2O/c1-9-6-12(15)7-10(2)14(9)11-4-5-13(17-3)16-8-11/h4-8H,15H2,1-3H3.